The van der Waals surface area contributed by atoms with E-state index >= 15 is 0 Å². The van der Waals surface area contributed by atoms with Gasteiger partial charge in [-0.25, -0.2) is 0 Å². The SMILES string of the molecule is CC(=O)OC1CC(Cl)C=CC(C=C=CBr)OC(C)C2OC1CC2Br. The Labute approximate surface area is 164 Å². The molecule has 4 nitrogen and oxygen atoms in total. The zero-order chi connectivity index (χ0) is 17.7. The minimum absolute atomic E-state index is 0.128. The van der Waals surface area contributed by atoms with Gasteiger partial charge in [-0.2, -0.15) is 0 Å². The number of carbonyl (C=O) groups excluding carboxylic acids is 1. The summed E-state index contributed by atoms with van der Waals surface area (Å²) in [5.74, 6) is -0.326. The molecule has 2 aliphatic rings. The van der Waals surface area contributed by atoms with Crippen LogP contribution in [-0.4, -0.2) is 46.7 Å². The summed E-state index contributed by atoms with van der Waals surface area (Å²) in [6.45, 7) is 3.38. The van der Waals surface area contributed by atoms with Crippen LogP contribution in [0, 0.1) is 0 Å². The summed E-state index contributed by atoms with van der Waals surface area (Å²) >= 11 is 13.3. The summed E-state index contributed by atoms with van der Waals surface area (Å²) < 4.78 is 17.7. The van der Waals surface area contributed by atoms with Crippen LogP contribution in [-0.2, 0) is 19.0 Å². The molecular formula is C17H21Br2ClO4. The molecule has 0 aromatic heterocycles. The van der Waals surface area contributed by atoms with Gasteiger partial charge in [-0.15, -0.1) is 17.3 Å². The Balaban J connectivity index is 2.26. The van der Waals surface area contributed by atoms with Crippen molar-refractivity contribution in [3.05, 3.63) is 28.9 Å². The fraction of sp³-hybridized carbons (Fsp3) is 0.647. The second-order valence-corrected chi connectivity index (χ2v) is 8.12. The summed E-state index contributed by atoms with van der Waals surface area (Å²) in [6, 6.07) is 0. The lowest BCUT2D eigenvalue weighted by Crippen LogP contribution is -2.36. The molecule has 0 saturated carbocycles. The number of hydrogen-bond donors (Lipinski definition) is 0. The van der Waals surface area contributed by atoms with Crippen LogP contribution < -0.4 is 0 Å². The molecule has 0 aliphatic carbocycles. The van der Waals surface area contributed by atoms with Crippen molar-refractivity contribution in [2.45, 2.75) is 67.4 Å². The Hall–Kier alpha value is -0.100. The molecule has 0 aromatic rings. The Morgan fingerprint density at radius 1 is 1.38 bits per heavy atom. The van der Waals surface area contributed by atoms with E-state index in [9.17, 15) is 4.79 Å². The van der Waals surface area contributed by atoms with Gasteiger partial charge in [-0.05, 0) is 19.4 Å². The third-order valence-electron chi connectivity index (χ3n) is 4.00. The van der Waals surface area contributed by atoms with Crippen molar-refractivity contribution in [2.75, 3.05) is 0 Å². The molecule has 1 fully saturated rings. The lowest BCUT2D eigenvalue weighted by Gasteiger charge is -2.26. The summed E-state index contributed by atoms with van der Waals surface area (Å²) in [6.07, 6.45) is 5.70. The quantitative estimate of drug-likeness (QED) is 0.255. The summed E-state index contributed by atoms with van der Waals surface area (Å²) in [4.78, 5) is 13.2. The molecule has 0 spiro atoms. The summed E-state index contributed by atoms with van der Waals surface area (Å²) in [7, 11) is 0. The highest BCUT2D eigenvalue weighted by atomic mass is 79.9. The van der Waals surface area contributed by atoms with Crippen LogP contribution in [0.5, 0.6) is 0 Å². The van der Waals surface area contributed by atoms with Crippen LogP contribution in [0.2, 0.25) is 0 Å². The van der Waals surface area contributed by atoms with E-state index in [4.69, 9.17) is 25.8 Å². The second kappa shape index (κ2) is 9.56. The molecule has 0 aromatic carbocycles. The van der Waals surface area contributed by atoms with Crippen molar-refractivity contribution in [1.29, 1.82) is 0 Å². The first kappa shape index (κ1) is 20.2. The van der Waals surface area contributed by atoms with Crippen LogP contribution in [0.15, 0.2) is 28.9 Å². The zero-order valence-corrected chi connectivity index (χ0v) is 17.5. The van der Waals surface area contributed by atoms with E-state index in [1.54, 1.807) is 4.99 Å². The van der Waals surface area contributed by atoms with Crippen LogP contribution in [0.3, 0.4) is 0 Å². The molecule has 2 heterocycles. The Kier molecular flexibility index (Phi) is 8.05. The Morgan fingerprint density at radius 2 is 2.12 bits per heavy atom. The lowest BCUT2D eigenvalue weighted by atomic mass is 10.0. The predicted molar refractivity (Wildman–Crippen MR) is 101 cm³/mol. The molecule has 7 unspecified atom stereocenters. The van der Waals surface area contributed by atoms with Crippen molar-refractivity contribution in [3.8, 4) is 0 Å². The molecule has 1 saturated heterocycles. The minimum atomic E-state index is -0.374. The molecular weight excluding hydrogens is 463 g/mol. The highest BCUT2D eigenvalue weighted by Crippen LogP contribution is 2.35. The fourth-order valence-electron chi connectivity index (χ4n) is 2.96. The smallest absolute Gasteiger partial charge is 0.302 e. The first-order chi connectivity index (χ1) is 11.4. The van der Waals surface area contributed by atoms with Crippen molar-refractivity contribution in [3.63, 3.8) is 0 Å². The van der Waals surface area contributed by atoms with Gasteiger partial charge in [0.25, 0.3) is 0 Å². The van der Waals surface area contributed by atoms with Gasteiger partial charge < -0.3 is 14.2 Å². The fourth-order valence-corrected chi connectivity index (χ4v) is 4.29. The van der Waals surface area contributed by atoms with Gasteiger partial charge in [0.15, 0.2) is 0 Å². The number of halogens is 3. The van der Waals surface area contributed by atoms with E-state index in [2.05, 4.69) is 37.6 Å². The average molecular weight is 485 g/mol. The van der Waals surface area contributed by atoms with E-state index < -0.39 is 0 Å². The second-order valence-electron chi connectivity index (χ2n) is 5.92. The van der Waals surface area contributed by atoms with Crippen LogP contribution in [0.4, 0.5) is 0 Å². The van der Waals surface area contributed by atoms with Crippen molar-refractivity contribution in [2.24, 2.45) is 0 Å². The van der Waals surface area contributed by atoms with Gasteiger partial charge in [0.05, 0.1) is 23.7 Å². The molecule has 134 valence electrons. The standard InChI is InChI=1S/C17H21Br2ClO4/c1-10-17-14(19)9-16(24-17)15(23-11(2)21)8-12(20)5-6-13(22-10)4-3-7-18/h4-7,10,12-17H,8-9H2,1-2H3. The maximum atomic E-state index is 11.4. The molecule has 24 heavy (non-hydrogen) atoms. The van der Waals surface area contributed by atoms with E-state index in [0.29, 0.717) is 6.42 Å². The van der Waals surface area contributed by atoms with Crippen LogP contribution in [0.1, 0.15) is 26.7 Å². The van der Waals surface area contributed by atoms with Crippen molar-refractivity contribution in [1.82, 2.24) is 0 Å². The molecule has 2 aliphatic heterocycles. The normalized spacial score (nSPS) is 39.5. The van der Waals surface area contributed by atoms with E-state index in [1.165, 1.54) is 6.92 Å². The number of allylic oxidation sites excluding steroid dienone is 1. The number of rotatable bonds is 2. The van der Waals surface area contributed by atoms with Gasteiger partial charge >= 0.3 is 5.97 Å². The summed E-state index contributed by atoms with van der Waals surface area (Å²) in [5, 5.41) is -0.286. The maximum absolute atomic E-state index is 11.4. The van der Waals surface area contributed by atoms with Crippen LogP contribution in [0.25, 0.3) is 0 Å². The topological polar surface area (TPSA) is 44.8 Å². The molecule has 2 rings (SSSR count). The highest BCUT2D eigenvalue weighted by Gasteiger charge is 2.43. The number of alkyl halides is 2. The highest BCUT2D eigenvalue weighted by molar-refractivity contribution is 9.11. The average Bonchev–Trinajstić information content (AvgIpc) is 2.89. The van der Waals surface area contributed by atoms with Crippen molar-refractivity contribution >= 4 is 49.4 Å². The third kappa shape index (κ3) is 5.72. The van der Waals surface area contributed by atoms with Crippen LogP contribution >= 0.6 is 43.5 Å². The first-order valence-corrected chi connectivity index (χ1v) is 10.1. The number of ether oxygens (including phenoxy) is 3. The maximum Gasteiger partial charge on any atom is 0.302 e. The third-order valence-corrected chi connectivity index (χ3v) is 5.49. The largest absolute Gasteiger partial charge is 0.460 e. The number of fused-ring (bicyclic) bond motifs is 2. The van der Waals surface area contributed by atoms with Gasteiger partial charge in [0.1, 0.15) is 12.2 Å². The van der Waals surface area contributed by atoms with Gasteiger partial charge in [-0.1, -0.05) is 44.0 Å². The molecule has 0 amide bonds. The minimum Gasteiger partial charge on any atom is -0.460 e. The monoisotopic (exact) mass is 482 g/mol. The number of carbonyl (C=O) groups is 1. The van der Waals surface area contributed by atoms with Gasteiger partial charge in [0.2, 0.25) is 0 Å². The number of hydrogen-bond acceptors (Lipinski definition) is 4. The van der Waals surface area contributed by atoms with Crippen molar-refractivity contribution < 1.29 is 19.0 Å². The van der Waals surface area contributed by atoms with Gasteiger partial charge in [0, 0.05) is 23.2 Å². The zero-order valence-electron chi connectivity index (χ0n) is 13.5. The van der Waals surface area contributed by atoms with Gasteiger partial charge in [-0.3, -0.25) is 4.79 Å². The van der Waals surface area contributed by atoms with E-state index in [1.807, 2.05) is 25.2 Å². The van der Waals surface area contributed by atoms with E-state index in [0.717, 1.165) is 6.42 Å². The lowest BCUT2D eigenvalue weighted by molar-refractivity contribution is -0.157. The molecule has 0 radical (unpaired) electrons. The number of esters is 1. The first-order valence-electron chi connectivity index (χ1n) is 7.86. The predicted octanol–water partition coefficient (Wildman–Crippen LogP) is 4.24. The Bertz CT molecular complexity index is 533. The molecule has 7 atom stereocenters. The Morgan fingerprint density at radius 3 is 2.79 bits per heavy atom. The molecule has 2 bridgehead atoms. The summed E-state index contributed by atoms with van der Waals surface area (Å²) in [5.41, 5.74) is 2.97. The molecule has 0 N–H and O–H groups in total. The molecule has 7 heteroatoms. The van der Waals surface area contributed by atoms with E-state index in [-0.39, 0.29) is 46.7 Å².